The molecule has 2 fully saturated rings. The number of hydrogen-bond acceptors (Lipinski definition) is 16. The van der Waals surface area contributed by atoms with Crippen LogP contribution in [0.5, 0.6) is 0 Å². The highest BCUT2D eigenvalue weighted by Gasteiger charge is 2.52. The molecule has 0 amide bonds. The predicted octanol–water partition coefficient (Wildman–Crippen LogP) is -0.876. The predicted molar refractivity (Wildman–Crippen MR) is 142 cm³/mol. The number of alkyl halides is 2. The lowest BCUT2D eigenvalue weighted by molar-refractivity contribution is -0.168. The molecule has 0 aromatic carbocycles. The number of imidazole rings is 2. The molecule has 21 nitrogen and oxygen atoms in total. The number of aromatic amines is 1. The first kappa shape index (κ1) is 31.4. The zero-order valence-corrected chi connectivity index (χ0v) is 24.1. The maximum Gasteiger partial charge on any atom is 0.694 e. The molecule has 2 aliphatic rings. The number of nitrogens with one attached hydrogen (secondary N) is 1. The number of nitrogen functional groups attached to an aromatic ring is 2. The smallest absolute Gasteiger partial charge is 0.385 e. The topological polar surface area (TPSA) is 300 Å². The van der Waals surface area contributed by atoms with Crippen molar-refractivity contribution in [3.05, 3.63) is 29.3 Å². The van der Waals surface area contributed by atoms with E-state index < -0.39 is 83.8 Å². The normalized spacial score (nSPS) is 30.3. The summed E-state index contributed by atoms with van der Waals surface area (Å²) in [6.07, 6.45) is -12.9. The molecule has 4 aromatic rings. The monoisotopic (exact) mass is 679 g/mol. The molecule has 6 heterocycles. The second kappa shape index (κ2) is 11.9. The Morgan fingerprint density at radius 2 is 1.78 bits per heavy atom. The van der Waals surface area contributed by atoms with Crippen LogP contribution in [0, 0.1) is 0 Å². The van der Waals surface area contributed by atoms with E-state index in [1.54, 1.807) is 0 Å². The van der Waals surface area contributed by atoms with Crippen LogP contribution in [0.2, 0.25) is 0 Å². The molecule has 0 radical (unpaired) electrons. The van der Waals surface area contributed by atoms with Gasteiger partial charge in [-0.05, 0) is 0 Å². The number of anilines is 2. The molecule has 0 saturated carbocycles. The molecule has 2 aliphatic heterocycles. The minimum absolute atomic E-state index is 0.00736. The lowest BCUT2D eigenvalue weighted by Gasteiger charge is -2.24. The van der Waals surface area contributed by atoms with Gasteiger partial charge in [0.2, 0.25) is 5.95 Å². The number of nitrogens with zero attached hydrogens (tertiary/aromatic N) is 7. The fourth-order valence-electron chi connectivity index (χ4n) is 4.85. The second-order valence-corrected chi connectivity index (χ2v) is 12.2. The Morgan fingerprint density at radius 3 is 2.51 bits per heavy atom. The Hall–Kier alpha value is -3.63. The van der Waals surface area contributed by atoms with E-state index in [1.807, 2.05) is 0 Å². The summed E-state index contributed by atoms with van der Waals surface area (Å²) in [7, 11) is -8.16. The third-order valence-electron chi connectivity index (χ3n) is 6.84. The second-order valence-electron chi connectivity index (χ2n) is 9.73. The van der Waals surface area contributed by atoms with E-state index in [1.165, 1.54) is 0 Å². The van der Waals surface area contributed by atoms with Gasteiger partial charge in [0.05, 0.1) is 12.7 Å². The SMILES string of the molecule is Nc1nc2c(ncn2[C@@H]2O[C@H](CO[P+](=O)O)[C@H](F)[C@@H]2OP(=O)(O)CO[C@H]2O[C@@H](n3cnc4c(N)ncnc43)[C@@H](F)[C@H]2O)c(=O)[nH]1. The highest BCUT2D eigenvalue weighted by Crippen LogP contribution is 2.50. The maximum atomic E-state index is 15.6. The molecule has 0 bridgehead atoms. The molecule has 8 N–H and O–H groups in total. The Balaban J connectivity index is 1.20. The largest absolute Gasteiger partial charge is 0.694 e. The summed E-state index contributed by atoms with van der Waals surface area (Å²) in [5.74, 6) is -0.327. The van der Waals surface area contributed by atoms with Crippen molar-refractivity contribution in [1.82, 2.24) is 39.0 Å². The van der Waals surface area contributed by atoms with Crippen molar-refractivity contribution in [3.63, 3.8) is 0 Å². The Morgan fingerprint density at radius 1 is 1.07 bits per heavy atom. The average molecular weight is 679 g/mol. The number of aliphatic hydroxyl groups is 1. The van der Waals surface area contributed by atoms with Crippen molar-refractivity contribution in [1.29, 1.82) is 0 Å². The molecule has 242 valence electrons. The number of aliphatic hydroxyl groups excluding tert-OH is 1. The number of fused-ring (bicyclic) bond motifs is 2. The van der Waals surface area contributed by atoms with Gasteiger partial charge in [-0.25, -0.2) is 28.7 Å². The fraction of sp³-hybridized carbons (Fsp3) is 0.500. The summed E-state index contributed by atoms with van der Waals surface area (Å²) in [6, 6.07) is 0. The quantitative estimate of drug-likeness (QED) is 0.111. The van der Waals surface area contributed by atoms with Crippen LogP contribution in [0.15, 0.2) is 23.8 Å². The number of aromatic nitrogens is 8. The van der Waals surface area contributed by atoms with E-state index in [0.717, 1.165) is 28.1 Å². The zero-order valence-electron chi connectivity index (χ0n) is 22.3. The zero-order chi connectivity index (χ0) is 32.2. The minimum atomic E-state index is -4.99. The molecule has 45 heavy (non-hydrogen) atoms. The van der Waals surface area contributed by atoms with Crippen LogP contribution < -0.4 is 17.0 Å². The number of hydrogen-bond donors (Lipinski definition) is 6. The van der Waals surface area contributed by atoms with Crippen molar-refractivity contribution in [3.8, 4) is 0 Å². The standard InChI is InChI=1S/C20H22F2N10O11P2/c21-7-6(1-40-44(35)36)41-18(32-4-28-10-15(32)29-20(24)30-16(10)34)12(7)43-45(37,38)5-39-19-11(33)8(22)17(42-19)31-3-27-9-13(23)25-2-26-14(9)31/h2-4,6-8,11-12,17-19,33H,1,5H2,(H6-,23,24,25,26,29,30,34,35,36,37,38)/p+1/t6-,7+,8+,11-,12+,17-,18-,19+/m1/s1. The number of ether oxygens (including phenoxy) is 3. The van der Waals surface area contributed by atoms with Gasteiger partial charge < -0.3 is 35.7 Å². The third-order valence-corrected chi connectivity index (χ3v) is 8.26. The number of H-pyrrole nitrogens is 1. The molecule has 2 unspecified atom stereocenters. The van der Waals surface area contributed by atoms with Gasteiger partial charge in [0, 0.05) is 4.57 Å². The van der Waals surface area contributed by atoms with Crippen LogP contribution in [-0.2, 0) is 32.4 Å². The van der Waals surface area contributed by atoms with E-state index in [0.29, 0.717) is 0 Å². The highest BCUT2D eigenvalue weighted by molar-refractivity contribution is 7.52. The molecule has 2 saturated heterocycles. The summed E-state index contributed by atoms with van der Waals surface area (Å²) in [6.45, 7) is -0.779. The van der Waals surface area contributed by atoms with E-state index in [2.05, 4.69) is 34.4 Å². The van der Waals surface area contributed by atoms with Crippen LogP contribution in [0.1, 0.15) is 12.5 Å². The van der Waals surface area contributed by atoms with E-state index >= 15 is 8.78 Å². The first-order chi connectivity index (χ1) is 21.3. The molecule has 10 atom stereocenters. The Kier molecular flexibility index (Phi) is 8.33. The Labute approximate surface area is 248 Å². The first-order valence-corrected chi connectivity index (χ1v) is 15.6. The molecule has 0 spiro atoms. The lowest BCUT2D eigenvalue weighted by atomic mass is 10.1. The van der Waals surface area contributed by atoms with Gasteiger partial charge in [0.15, 0.2) is 60.1 Å². The van der Waals surface area contributed by atoms with Gasteiger partial charge in [0.1, 0.15) is 36.8 Å². The third kappa shape index (κ3) is 5.90. The maximum absolute atomic E-state index is 15.6. The van der Waals surface area contributed by atoms with Crippen molar-refractivity contribution >= 4 is 49.9 Å². The highest BCUT2D eigenvalue weighted by atomic mass is 31.2. The number of nitrogens with two attached hydrogens (primary N) is 2. The van der Waals surface area contributed by atoms with Gasteiger partial charge >= 0.3 is 15.9 Å². The van der Waals surface area contributed by atoms with Crippen LogP contribution in [-0.4, -0.2) is 104 Å². The molecule has 4 aromatic heterocycles. The van der Waals surface area contributed by atoms with Crippen molar-refractivity contribution in [2.75, 3.05) is 24.4 Å². The van der Waals surface area contributed by atoms with E-state index in [-0.39, 0.29) is 34.1 Å². The van der Waals surface area contributed by atoms with Gasteiger partial charge in [-0.3, -0.25) is 28.0 Å². The lowest BCUT2D eigenvalue weighted by Crippen LogP contribution is -2.33. The fourth-order valence-corrected chi connectivity index (χ4v) is 6.12. The summed E-state index contributed by atoms with van der Waals surface area (Å²) in [5, 5.41) is 10.4. The average Bonchev–Trinajstić information content (AvgIpc) is 3.73. The van der Waals surface area contributed by atoms with E-state index in [9.17, 15) is 23.9 Å². The number of rotatable bonds is 10. The Bertz CT molecular complexity index is 1860. The van der Waals surface area contributed by atoms with Crippen molar-refractivity contribution < 1.29 is 56.1 Å². The van der Waals surface area contributed by atoms with Gasteiger partial charge in [-0.15, -0.1) is 9.42 Å². The molecular formula is C20H23F2N10O11P2+. The summed E-state index contributed by atoms with van der Waals surface area (Å²) in [4.78, 5) is 53.6. The number of halogens is 2. The van der Waals surface area contributed by atoms with Gasteiger partial charge in [-0.2, -0.15) is 4.98 Å². The molecule has 25 heteroatoms. The van der Waals surface area contributed by atoms with Crippen LogP contribution >= 0.6 is 15.9 Å². The van der Waals surface area contributed by atoms with E-state index in [4.69, 9.17) is 35.1 Å². The van der Waals surface area contributed by atoms with Crippen molar-refractivity contribution in [2.45, 2.75) is 49.4 Å². The molecule has 6 rings (SSSR count). The van der Waals surface area contributed by atoms with Crippen LogP contribution in [0.25, 0.3) is 22.3 Å². The summed E-state index contributed by atoms with van der Waals surface area (Å²) in [5.41, 5.74) is 10.4. The van der Waals surface area contributed by atoms with Crippen LogP contribution in [0.3, 0.4) is 0 Å². The van der Waals surface area contributed by atoms with Gasteiger partial charge in [0.25, 0.3) is 5.56 Å². The summed E-state index contributed by atoms with van der Waals surface area (Å²) < 4.78 is 82.9. The van der Waals surface area contributed by atoms with Gasteiger partial charge in [-0.1, -0.05) is 0 Å². The molecule has 0 aliphatic carbocycles. The first-order valence-electron chi connectivity index (χ1n) is 12.7. The summed E-state index contributed by atoms with van der Waals surface area (Å²) >= 11 is 0. The van der Waals surface area contributed by atoms with Crippen LogP contribution in [0.4, 0.5) is 20.5 Å². The minimum Gasteiger partial charge on any atom is -0.385 e. The van der Waals surface area contributed by atoms with Crippen molar-refractivity contribution in [2.24, 2.45) is 0 Å². The molecular weight excluding hydrogens is 656 g/mol.